The maximum atomic E-state index is 10.4. The second-order valence-electron chi connectivity index (χ2n) is 2.27. The summed E-state index contributed by atoms with van der Waals surface area (Å²) in [7, 11) is 0. The second kappa shape index (κ2) is 4.54. The first-order valence-corrected chi connectivity index (χ1v) is 5.09. The summed E-state index contributed by atoms with van der Waals surface area (Å²) in [5.74, 6) is -0.747. The Bertz CT molecular complexity index is 304. The van der Waals surface area contributed by atoms with Crippen LogP contribution < -0.4 is 11.1 Å². The van der Waals surface area contributed by atoms with Gasteiger partial charge in [-0.2, -0.15) is 0 Å². The van der Waals surface area contributed by atoms with E-state index < -0.39 is 12.0 Å². The topological polar surface area (TPSA) is 88.2 Å². The molecule has 0 aliphatic carbocycles. The van der Waals surface area contributed by atoms with Gasteiger partial charge in [0.2, 0.25) is 5.91 Å². The van der Waals surface area contributed by atoms with Crippen LogP contribution in [0, 0.1) is 0 Å². The monoisotopic (exact) mass is 265 g/mol. The van der Waals surface area contributed by atoms with Crippen LogP contribution in [-0.2, 0) is 4.79 Å². The maximum Gasteiger partial charge on any atom is 0.248 e. The van der Waals surface area contributed by atoms with E-state index in [1.165, 1.54) is 11.3 Å². The normalized spacial score (nSPS) is 12.5. The summed E-state index contributed by atoms with van der Waals surface area (Å²) in [4.78, 5) is 14.4. The van der Waals surface area contributed by atoms with Crippen molar-refractivity contribution < 1.29 is 9.90 Å². The molecule has 1 atom stereocenters. The molecule has 0 radical (unpaired) electrons. The number of hydrogen-bond donors (Lipinski definition) is 3. The molecule has 0 saturated carbocycles. The largest absolute Gasteiger partial charge is 0.381 e. The van der Waals surface area contributed by atoms with Crippen molar-refractivity contribution in [3.05, 3.63) is 9.98 Å². The van der Waals surface area contributed by atoms with Crippen molar-refractivity contribution in [3.8, 4) is 0 Å². The number of rotatable bonds is 4. The summed E-state index contributed by atoms with van der Waals surface area (Å²) >= 11 is 4.54. The van der Waals surface area contributed by atoms with Crippen molar-refractivity contribution in [2.45, 2.75) is 6.10 Å². The number of nitrogens with zero attached hydrogens (tertiary/aromatic N) is 1. The van der Waals surface area contributed by atoms with Gasteiger partial charge in [0.15, 0.2) is 5.13 Å². The van der Waals surface area contributed by atoms with Crippen LogP contribution in [0.4, 0.5) is 5.13 Å². The van der Waals surface area contributed by atoms with E-state index in [1.54, 1.807) is 5.38 Å². The summed E-state index contributed by atoms with van der Waals surface area (Å²) in [5.41, 5.74) is 4.85. The zero-order valence-electron chi connectivity index (χ0n) is 6.53. The first kappa shape index (κ1) is 10.4. The number of amides is 1. The Balaban J connectivity index is 2.39. The predicted molar refractivity (Wildman–Crippen MR) is 53.5 cm³/mol. The van der Waals surface area contributed by atoms with Gasteiger partial charge in [-0.1, -0.05) is 0 Å². The SMILES string of the molecule is NC(=O)C(O)CNc1nc(Br)cs1. The van der Waals surface area contributed by atoms with Crippen LogP contribution in [0.25, 0.3) is 0 Å². The third-order valence-corrected chi connectivity index (χ3v) is 2.76. The number of primary amides is 1. The van der Waals surface area contributed by atoms with Gasteiger partial charge in [0.1, 0.15) is 10.7 Å². The number of anilines is 1. The van der Waals surface area contributed by atoms with Gasteiger partial charge in [-0.05, 0) is 15.9 Å². The van der Waals surface area contributed by atoms with E-state index >= 15 is 0 Å². The average Bonchev–Trinajstić information content (AvgIpc) is 2.47. The lowest BCUT2D eigenvalue weighted by Gasteiger charge is -2.05. The molecule has 1 unspecified atom stereocenters. The highest BCUT2D eigenvalue weighted by Gasteiger charge is 2.10. The van der Waals surface area contributed by atoms with Crippen LogP contribution in [0.3, 0.4) is 0 Å². The minimum absolute atomic E-state index is 0.0787. The Morgan fingerprint density at radius 3 is 3.08 bits per heavy atom. The Hall–Kier alpha value is -0.660. The molecule has 1 aromatic heterocycles. The Kier molecular flexibility index (Phi) is 3.64. The molecule has 0 saturated heterocycles. The summed E-state index contributed by atoms with van der Waals surface area (Å²) in [5, 5.41) is 14.2. The van der Waals surface area contributed by atoms with Crippen LogP contribution in [0.1, 0.15) is 0 Å². The first-order chi connectivity index (χ1) is 6.09. The van der Waals surface area contributed by atoms with Crippen LogP contribution in [0.5, 0.6) is 0 Å². The number of thiazole rings is 1. The lowest BCUT2D eigenvalue weighted by Crippen LogP contribution is -2.34. The van der Waals surface area contributed by atoms with Crippen LogP contribution in [0.15, 0.2) is 9.98 Å². The summed E-state index contributed by atoms with van der Waals surface area (Å²) < 4.78 is 0.716. The molecule has 7 heteroatoms. The fourth-order valence-electron chi connectivity index (χ4n) is 0.620. The second-order valence-corrected chi connectivity index (χ2v) is 3.95. The van der Waals surface area contributed by atoms with Gasteiger partial charge in [-0.25, -0.2) is 4.98 Å². The number of aromatic nitrogens is 1. The van der Waals surface area contributed by atoms with Crippen molar-refractivity contribution in [1.29, 1.82) is 0 Å². The number of carbonyl (C=O) groups is 1. The highest BCUT2D eigenvalue weighted by Crippen LogP contribution is 2.18. The molecule has 5 nitrogen and oxygen atoms in total. The molecule has 0 aromatic carbocycles. The van der Waals surface area contributed by atoms with Crippen LogP contribution >= 0.6 is 27.3 Å². The van der Waals surface area contributed by atoms with Crippen LogP contribution in [0.2, 0.25) is 0 Å². The van der Waals surface area contributed by atoms with Crippen molar-refractivity contribution in [1.82, 2.24) is 4.98 Å². The van der Waals surface area contributed by atoms with Crippen LogP contribution in [-0.4, -0.2) is 28.6 Å². The Labute approximate surface area is 87.1 Å². The summed E-state index contributed by atoms with van der Waals surface area (Å²) in [6, 6.07) is 0. The highest BCUT2D eigenvalue weighted by molar-refractivity contribution is 9.10. The smallest absolute Gasteiger partial charge is 0.248 e. The molecule has 0 aliphatic heterocycles. The van der Waals surface area contributed by atoms with Crippen molar-refractivity contribution in [3.63, 3.8) is 0 Å². The van der Waals surface area contributed by atoms with E-state index in [0.29, 0.717) is 9.73 Å². The van der Waals surface area contributed by atoms with E-state index in [0.717, 1.165) is 0 Å². The van der Waals surface area contributed by atoms with Gasteiger partial charge in [-0.3, -0.25) is 4.79 Å². The molecule has 0 fully saturated rings. The minimum atomic E-state index is -1.18. The van der Waals surface area contributed by atoms with Gasteiger partial charge in [0.05, 0.1) is 6.54 Å². The molecular weight excluding hydrogens is 258 g/mol. The molecule has 0 aliphatic rings. The van der Waals surface area contributed by atoms with Crippen molar-refractivity contribution >= 4 is 38.3 Å². The van der Waals surface area contributed by atoms with E-state index in [9.17, 15) is 4.79 Å². The number of hydrogen-bond acceptors (Lipinski definition) is 5. The number of halogens is 1. The molecule has 0 bridgehead atoms. The quantitative estimate of drug-likeness (QED) is 0.724. The van der Waals surface area contributed by atoms with Crippen molar-refractivity contribution in [2.24, 2.45) is 5.73 Å². The molecule has 72 valence electrons. The minimum Gasteiger partial charge on any atom is -0.381 e. The summed E-state index contributed by atoms with van der Waals surface area (Å²) in [6.45, 7) is 0.0787. The predicted octanol–water partition coefficient (Wildman–Crippen LogP) is 0.164. The maximum absolute atomic E-state index is 10.4. The van der Waals surface area contributed by atoms with E-state index in [-0.39, 0.29) is 6.54 Å². The summed E-state index contributed by atoms with van der Waals surface area (Å²) in [6.07, 6.45) is -1.18. The zero-order chi connectivity index (χ0) is 9.84. The molecule has 0 spiro atoms. The molecular formula is C6H8BrN3O2S. The molecule has 4 N–H and O–H groups in total. The van der Waals surface area contributed by atoms with E-state index in [4.69, 9.17) is 10.8 Å². The Morgan fingerprint density at radius 1 is 1.92 bits per heavy atom. The van der Waals surface area contributed by atoms with E-state index in [2.05, 4.69) is 26.2 Å². The zero-order valence-corrected chi connectivity index (χ0v) is 8.93. The lowest BCUT2D eigenvalue weighted by atomic mass is 10.3. The number of aliphatic hydroxyl groups excluding tert-OH is 1. The molecule has 1 amide bonds. The van der Waals surface area contributed by atoms with Gasteiger partial charge in [-0.15, -0.1) is 11.3 Å². The third-order valence-electron chi connectivity index (χ3n) is 1.25. The Morgan fingerprint density at radius 2 is 2.62 bits per heavy atom. The van der Waals surface area contributed by atoms with E-state index in [1.807, 2.05) is 0 Å². The lowest BCUT2D eigenvalue weighted by molar-refractivity contribution is -0.125. The standard InChI is InChI=1S/C6H8BrN3O2S/c7-4-2-13-6(10-4)9-1-3(11)5(8)12/h2-3,11H,1H2,(H2,8,12)(H,9,10). The molecule has 1 aromatic rings. The average molecular weight is 266 g/mol. The third kappa shape index (κ3) is 3.29. The fourth-order valence-corrected chi connectivity index (χ4v) is 1.77. The van der Waals surface area contributed by atoms with Crippen molar-refractivity contribution in [2.75, 3.05) is 11.9 Å². The van der Waals surface area contributed by atoms with Gasteiger partial charge in [0, 0.05) is 5.38 Å². The first-order valence-electron chi connectivity index (χ1n) is 3.42. The van der Waals surface area contributed by atoms with Gasteiger partial charge >= 0.3 is 0 Å². The highest BCUT2D eigenvalue weighted by atomic mass is 79.9. The van der Waals surface area contributed by atoms with Gasteiger partial charge < -0.3 is 16.2 Å². The number of carbonyl (C=O) groups excluding carboxylic acids is 1. The number of nitrogens with one attached hydrogen (secondary N) is 1. The fraction of sp³-hybridized carbons (Fsp3) is 0.333. The molecule has 1 rings (SSSR count). The molecule has 1 heterocycles. The van der Waals surface area contributed by atoms with Gasteiger partial charge in [0.25, 0.3) is 0 Å². The number of aliphatic hydroxyl groups is 1. The number of nitrogens with two attached hydrogens (primary N) is 1. The molecule has 13 heavy (non-hydrogen) atoms.